The zero-order valence-electron chi connectivity index (χ0n) is 10.7. The van der Waals surface area contributed by atoms with E-state index in [4.69, 9.17) is 10.5 Å². The third-order valence-electron chi connectivity index (χ3n) is 2.35. The summed E-state index contributed by atoms with van der Waals surface area (Å²) < 4.78 is 5.81. The smallest absolute Gasteiger partial charge is 0.0745 e. The van der Waals surface area contributed by atoms with E-state index in [2.05, 4.69) is 41.5 Å². The van der Waals surface area contributed by atoms with E-state index in [1.165, 1.54) is 0 Å². The minimum atomic E-state index is 0.145. The molecule has 0 fully saturated rings. The molecule has 0 radical (unpaired) electrons. The zero-order valence-corrected chi connectivity index (χ0v) is 10.7. The van der Waals surface area contributed by atoms with E-state index < -0.39 is 0 Å². The summed E-state index contributed by atoms with van der Waals surface area (Å²) in [6.07, 6.45) is 1.25. The number of ether oxygens (including phenoxy) is 1. The highest BCUT2D eigenvalue weighted by molar-refractivity contribution is 4.75. The van der Waals surface area contributed by atoms with Gasteiger partial charge in [0.25, 0.3) is 0 Å². The fraction of sp³-hybridized carbons (Fsp3) is 1.00. The normalized spacial score (nSPS) is 15.6. The largest absolute Gasteiger partial charge is 0.376 e. The Kier molecular flexibility index (Phi) is 5.10. The summed E-state index contributed by atoms with van der Waals surface area (Å²) in [4.78, 5) is 0. The van der Waals surface area contributed by atoms with Crippen LogP contribution in [0.2, 0.25) is 0 Å². The van der Waals surface area contributed by atoms with Crippen LogP contribution in [0.1, 0.15) is 48.0 Å². The summed E-state index contributed by atoms with van der Waals surface area (Å²) in [5, 5.41) is 0. The highest BCUT2D eigenvalue weighted by Gasteiger charge is 2.24. The van der Waals surface area contributed by atoms with Crippen molar-refractivity contribution in [2.24, 2.45) is 16.6 Å². The molecule has 0 aromatic carbocycles. The van der Waals surface area contributed by atoms with Crippen LogP contribution in [0.15, 0.2) is 0 Å². The van der Waals surface area contributed by atoms with Crippen molar-refractivity contribution < 1.29 is 4.74 Å². The third kappa shape index (κ3) is 6.39. The van der Waals surface area contributed by atoms with Gasteiger partial charge in [0, 0.05) is 13.2 Å². The zero-order chi connectivity index (χ0) is 11.4. The fourth-order valence-corrected chi connectivity index (χ4v) is 1.18. The van der Waals surface area contributed by atoms with Crippen molar-refractivity contribution >= 4 is 0 Å². The van der Waals surface area contributed by atoms with Gasteiger partial charge in [-0.15, -0.1) is 0 Å². The van der Waals surface area contributed by atoms with Crippen LogP contribution in [-0.2, 0) is 4.74 Å². The molecule has 0 aromatic rings. The van der Waals surface area contributed by atoms with Crippen molar-refractivity contribution in [2.75, 3.05) is 13.2 Å². The van der Waals surface area contributed by atoms with Crippen molar-refractivity contribution in [2.45, 2.75) is 54.1 Å². The molecular formula is C12H27NO. The summed E-state index contributed by atoms with van der Waals surface area (Å²) in [7, 11) is 0. The fourth-order valence-electron chi connectivity index (χ4n) is 1.18. The number of nitrogens with two attached hydrogens (primary N) is 1. The molecule has 0 heterocycles. The lowest BCUT2D eigenvalue weighted by atomic mass is 9.88. The average Bonchev–Trinajstić information content (AvgIpc) is 1.93. The lowest BCUT2D eigenvalue weighted by Gasteiger charge is -2.30. The summed E-state index contributed by atoms with van der Waals surface area (Å²) in [6.45, 7) is 14.6. The van der Waals surface area contributed by atoms with E-state index in [9.17, 15) is 0 Å². The summed E-state index contributed by atoms with van der Waals surface area (Å²) in [5.41, 5.74) is 6.17. The number of rotatable bonds is 4. The maximum atomic E-state index is 5.81. The molecule has 0 rings (SSSR count). The third-order valence-corrected chi connectivity index (χ3v) is 2.35. The predicted molar refractivity (Wildman–Crippen MR) is 62.3 cm³/mol. The first-order valence-corrected chi connectivity index (χ1v) is 5.48. The van der Waals surface area contributed by atoms with Gasteiger partial charge in [0.15, 0.2) is 0 Å². The molecule has 0 amide bonds. The van der Waals surface area contributed by atoms with Crippen LogP contribution >= 0.6 is 0 Å². The van der Waals surface area contributed by atoms with Crippen LogP contribution in [0, 0.1) is 10.8 Å². The molecule has 0 aliphatic carbocycles. The van der Waals surface area contributed by atoms with Gasteiger partial charge in [-0.1, -0.05) is 41.5 Å². The van der Waals surface area contributed by atoms with E-state index in [-0.39, 0.29) is 11.5 Å². The Labute approximate surface area is 89.2 Å². The molecule has 0 aromatic heterocycles. The maximum Gasteiger partial charge on any atom is 0.0745 e. The second kappa shape index (κ2) is 5.13. The number of hydrogen-bond donors (Lipinski definition) is 1. The molecule has 0 aliphatic rings. The minimum Gasteiger partial charge on any atom is -0.376 e. The molecule has 86 valence electrons. The van der Waals surface area contributed by atoms with E-state index in [0.717, 1.165) is 13.0 Å². The monoisotopic (exact) mass is 201 g/mol. The maximum absolute atomic E-state index is 5.81. The van der Waals surface area contributed by atoms with Gasteiger partial charge in [0.2, 0.25) is 0 Å². The van der Waals surface area contributed by atoms with Crippen LogP contribution in [0.4, 0.5) is 0 Å². The molecule has 14 heavy (non-hydrogen) atoms. The van der Waals surface area contributed by atoms with Crippen molar-refractivity contribution in [1.82, 2.24) is 0 Å². The van der Waals surface area contributed by atoms with Gasteiger partial charge in [-0.25, -0.2) is 0 Å². The van der Waals surface area contributed by atoms with E-state index in [1.54, 1.807) is 0 Å². The molecule has 0 saturated heterocycles. The van der Waals surface area contributed by atoms with Gasteiger partial charge >= 0.3 is 0 Å². The van der Waals surface area contributed by atoms with Crippen molar-refractivity contribution in [3.63, 3.8) is 0 Å². The van der Waals surface area contributed by atoms with Crippen molar-refractivity contribution in [3.8, 4) is 0 Å². The Morgan fingerprint density at radius 3 is 1.86 bits per heavy atom. The van der Waals surface area contributed by atoms with E-state index in [1.807, 2.05) is 0 Å². The molecule has 0 saturated carbocycles. The van der Waals surface area contributed by atoms with Gasteiger partial charge in [-0.2, -0.15) is 0 Å². The Hall–Kier alpha value is -0.0800. The molecule has 2 nitrogen and oxygen atoms in total. The van der Waals surface area contributed by atoms with Gasteiger partial charge in [0.05, 0.1) is 6.10 Å². The Bertz CT molecular complexity index is 153. The first-order valence-electron chi connectivity index (χ1n) is 5.48. The first-order chi connectivity index (χ1) is 6.17. The molecule has 0 bridgehead atoms. The topological polar surface area (TPSA) is 35.2 Å². The van der Waals surface area contributed by atoms with Gasteiger partial charge < -0.3 is 10.5 Å². The minimum absolute atomic E-state index is 0.145. The van der Waals surface area contributed by atoms with Crippen LogP contribution in [0.25, 0.3) is 0 Å². The van der Waals surface area contributed by atoms with Gasteiger partial charge in [-0.3, -0.25) is 0 Å². The molecular weight excluding hydrogens is 174 g/mol. The molecule has 2 heteroatoms. The van der Waals surface area contributed by atoms with Gasteiger partial charge in [0.1, 0.15) is 0 Å². The second-order valence-electron chi connectivity index (χ2n) is 6.27. The molecule has 0 spiro atoms. The Morgan fingerprint density at radius 1 is 1.07 bits per heavy atom. The lowest BCUT2D eigenvalue weighted by molar-refractivity contribution is -0.0205. The van der Waals surface area contributed by atoms with Crippen molar-refractivity contribution in [3.05, 3.63) is 0 Å². The van der Waals surface area contributed by atoms with Crippen LogP contribution in [-0.4, -0.2) is 19.3 Å². The summed E-state index contributed by atoms with van der Waals surface area (Å²) in [5.74, 6) is 0. The summed E-state index contributed by atoms with van der Waals surface area (Å²) in [6, 6.07) is 0. The highest BCUT2D eigenvalue weighted by atomic mass is 16.5. The van der Waals surface area contributed by atoms with Crippen LogP contribution in [0.3, 0.4) is 0 Å². The van der Waals surface area contributed by atoms with E-state index >= 15 is 0 Å². The quantitative estimate of drug-likeness (QED) is 0.759. The lowest BCUT2D eigenvalue weighted by Crippen LogP contribution is -2.37. The summed E-state index contributed by atoms with van der Waals surface area (Å²) >= 11 is 0. The Balaban J connectivity index is 3.87. The Morgan fingerprint density at radius 2 is 1.57 bits per heavy atom. The molecule has 1 atom stereocenters. The average molecular weight is 201 g/mol. The predicted octanol–water partition coefficient (Wildman–Crippen LogP) is 2.81. The number of hydrogen-bond acceptors (Lipinski definition) is 2. The second-order valence-corrected chi connectivity index (χ2v) is 6.27. The standard InChI is InChI=1S/C12H27NO/c1-11(2,3)7-8-14-10(9-13)12(4,5)6/h10H,7-9,13H2,1-6H3. The van der Waals surface area contributed by atoms with Gasteiger partial charge in [-0.05, 0) is 17.3 Å². The SMILES string of the molecule is CC(C)(C)CCOC(CN)C(C)(C)C. The van der Waals surface area contributed by atoms with Crippen molar-refractivity contribution in [1.29, 1.82) is 0 Å². The van der Waals surface area contributed by atoms with Crippen LogP contribution < -0.4 is 5.73 Å². The molecule has 2 N–H and O–H groups in total. The molecule has 0 aliphatic heterocycles. The first kappa shape index (κ1) is 13.9. The molecule has 1 unspecified atom stereocenters. The van der Waals surface area contributed by atoms with E-state index in [0.29, 0.717) is 12.0 Å². The van der Waals surface area contributed by atoms with Crippen LogP contribution in [0.5, 0.6) is 0 Å². The highest BCUT2D eigenvalue weighted by Crippen LogP contribution is 2.23.